The highest BCUT2D eigenvalue weighted by molar-refractivity contribution is 7.89. The predicted octanol–water partition coefficient (Wildman–Crippen LogP) is 0.798. The van der Waals surface area contributed by atoms with E-state index in [1.54, 1.807) is 0 Å². The van der Waals surface area contributed by atoms with Crippen molar-refractivity contribution in [3.8, 4) is 0 Å². The lowest BCUT2D eigenvalue weighted by Crippen LogP contribution is -2.39. The molecule has 1 aliphatic carbocycles. The van der Waals surface area contributed by atoms with Crippen molar-refractivity contribution in [2.75, 3.05) is 5.73 Å². The third-order valence-corrected chi connectivity index (χ3v) is 4.53. The molecule has 1 saturated carbocycles. The first-order valence-corrected chi connectivity index (χ1v) is 7.03. The first-order valence-electron chi connectivity index (χ1n) is 5.55. The Morgan fingerprint density at radius 1 is 1.39 bits per heavy atom. The van der Waals surface area contributed by atoms with Crippen molar-refractivity contribution in [2.24, 2.45) is 0 Å². The standard InChI is InChI=1S/C11H14N2O4S/c12-7-4-5-10(9(6-7)11(14)15)18(16,17)13-8-2-1-3-8/h4-6,8,13H,1-3,12H2,(H,14,15). The third-order valence-electron chi connectivity index (χ3n) is 2.95. The molecular formula is C11H14N2O4S. The Labute approximate surface area is 105 Å². The molecule has 0 saturated heterocycles. The molecule has 7 heteroatoms. The van der Waals surface area contributed by atoms with Crippen LogP contribution in [-0.4, -0.2) is 25.5 Å². The van der Waals surface area contributed by atoms with E-state index in [0.29, 0.717) is 0 Å². The molecule has 1 aromatic carbocycles. The van der Waals surface area contributed by atoms with Gasteiger partial charge in [0.05, 0.1) is 10.5 Å². The average molecular weight is 270 g/mol. The minimum atomic E-state index is -3.80. The van der Waals surface area contributed by atoms with Crippen molar-refractivity contribution in [3.63, 3.8) is 0 Å². The Kier molecular flexibility index (Phi) is 3.27. The van der Waals surface area contributed by atoms with Gasteiger partial charge in [-0.15, -0.1) is 0 Å². The quantitative estimate of drug-likeness (QED) is 0.701. The summed E-state index contributed by atoms with van der Waals surface area (Å²) in [5.74, 6) is -1.31. The summed E-state index contributed by atoms with van der Waals surface area (Å²) >= 11 is 0. The zero-order valence-electron chi connectivity index (χ0n) is 9.59. The number of carbonyl (C=O) groups is 1. The van der Waals surface area contributed by atoms with Gasteiger partial charge in [0.15, 0.2) is 0 Å². The zero-order chi connectivity index (χ0) is 13.3. The molecule has 18 heavy (non-hydrogen) atoms. The fourth-order valence-corrected chi connectivity index (χ4v) is 3.24. The van der Waals surface area contributed by atoms with Gasteiger partial charge in [0, 0.05) is 11.7 Å². The molecule has 1 fully saturated rings. The molecule has 0 aliphatic heterocycles. The monoisotopic (exact) mass is 270 g/mol. The van der Waals surface area contributed by atoms with E-state index in [1.165, 1.54) is 12.1 Å². The Hall–Kier alpha value is -1.60. The molecule has 6 nitrogen and oxygen atoms in total. The minimum absolute atomic E-state index is 0.0887. The molecular weight excluding hydrogens is 256 g/mol. The largest absolute Gasteiger partial charge is 0.478 e. The van der Waals surface area contributed by atoms with E-state index in [4.69, 9.17) is 10.8 Å². The molecule has 4 N–H and O–H groups in total. The lowest BCUT2D eigenvalue weighted by Gasteiger charge is -2.26. The normalized spacial score (nSPS) is 16.2. The van der Waals surface area contributed by atoms with Crippen molar-refractivity contribution in [2.45, 2.75) is 30.2 Å². The van der Waals surface area contributed by atoms with Gasteiger partial charge in [0.2, 0.25) is 10.0 Å². The van der Waals surface area contributed by atoms with E-state index in [1.807, 2.05) is 0 Å². The first kappa shape index (κ1) is 12.8. The molecule has 1 aromatic rings. The molecule has 0 aromatic heterocycles. The van der Waals surface area contributed by atoms with Gasteiger partial charge in [-0.25, -0.2) is 17.9 Å². The van der Waals surface area contributed by atoms with Crippen LogP contribution in [0.25, 0.3) is 0 Å². The highest BCUT2D eigenvalue weighted by atomic mass is 32.2. The summed E-state index contributed by atoms with van der Waals surface area (Å²) in [7, 11) is -3.80. The SMILES string of the molecule is Nc1ccc(S(=O)(=O)NC2CCC2)c(C(=O)O)c1. The van der Waals surface area contributed by atoms with E-state index in [-0.39, 0.29) is 22.2 Å². The second-order valence-electron chi connectivity index (χ2n) is 4.31. The maximum Gasteiger partial charge on any atom is 0.337 e. The summed E-state index contributed by atoms with van der Waals surface area (Å²) in [6.45, 7) is 0. The van der Waals surface area contributed by atoms with Crippen molar-refractivity contribution in [3.05, 3.63) is 23.8 Å². The van der Waals surface area contributed by atoms with Crippen molar-refractivity contribution < 1.29 is 18.3 Å². The van der Waals surface area contributed by atoms with Gasteiger partial charge in [-0.1, -0.05) is 6.42 Å². The number of nitrogen functional groups attached to an aromatic ring is 1. The van der Waals surface area contributed by atoms with Crippen molar-refractivity contribution in [1.82, 2.24) is 4.72 Å². The highest BCUT2D eigenvalue weighted by Gasteiger charge is 2.28. The molecule has 0 amide bonds. The number of hydrogen-bond acceptors (Lipinski definition) is 4. The summed E-state index contributed by atoms with van der Waals surface area (Å²) in [5.41, 5.74) is 5.38. The van der Waals surface area contributed by atoms with Gasteiger partial charge in [-0.05, 0) is 31.0 Å². The van der Waals surface area contributed by atoms with Crippen LogP contribution >= 0.6 is 0 Å². The molecule has 0 heterocycles. The second-order valence-corrected chi connectivity index (χ2v) is 5.99. The molecule has 0 radical (unpaired) electrons. The molecule has 0 spiro atoms. The lowest BCUT2D eigenvalue weighted by atomic mass is 9.94. The zero-order valence-corrected chi connectivity index (χ0v) is 10.4. The van der Waals surface area contributed by atoms with Gasteiger partial charge < -0.3 is 10.8 Å². The Balaban J connectivity index is 2.39. The maximum atomic E-state index is 12.1. The van der Waals surface area contributed by atoms with E-state index >= 15 is 0 Å². The topological polar surface area (TPSA) is 109 Å². The van der Waals surface area contributed by atoms with Crippen LogP contribution in [-0.2, 0) is 10.0 Å². The number of nitrogens with one attached hydrogen (secondary N) is 1. The average Bonchev–Trinajstić information content (AvgIpc) is 2.23. The second kappa shape index (κ2) is 4.58. The van der Waals surface area contributed by atoms with Crippen LogP contribution in [0.5, 0.6) is 0 Å². The van der Waals surface area contributed by atoms with Gasteiger partial charge in [0.25, 0.3) is 0 Å². The summed E-state index contributed by atoms with van der Waals surface area (Å²) in [6, 6.07) is 3.66. The number of hydrogen-bond donors (Lipinski definition) is 3. The molecule has 98 valence electrons. The van der Waals surface area contributed by atoms with Crippen LogP contribution in [0, 0.1) is 0 Å². The van der Waals surface area contributed by atoms with E-state index in [9.17, 15) is 13.2 Å². The van der Waals surface area contributed by atoms with E-state index in [2.05, 4.69) is 4.72 Å². The molecule has 0 unspecified atom stereocenters. The number of aromatic carboxylic acids is 1. The predicted molar refractivity (Wildman–Crippen MR) is 65.8 cm³/mol. The van der Waals surface area contributed by atoms with Gasteiger partial charge in [-0.3, -0.25) is 0 Å². The number of anilines is 1. The summed E-state index contributed by atoms with van der Waals surface area (Å²) in [5, 5.41) is 9.01. The van der Waals surface area contributed by atoms with Crippen LogP contribution in [0.3, 0.4) is 0 Å². The van der Waals surface area contributed by atoms with Crippen LogP contribution in [0.15, 0.2) is 23.1 Å². The smallest absolute Gasteiger partial charge is 0.337 e. The van der Waals surface area contributed by atoms with Crippen molar-refractivity contribution >= 4 is 21.7 Å². The Morgan fingerprint density at radius 3 is 2.56 bits per heavy atom. The number of carboxylic acids is 1. The Bertz CT molecular complexity index is 579. The van der Waals surface area contributed by atoms with Crippen LogP contribution in [0.1, 0.15) is 29.6 Å². The molecule has 1 aliphatic rings. The highest BCUT2D eigenvalue weighted by Crippen LogP contribution is 2.23. The third kappa shape index (κ3) is 2.46. The van der Waals surface area contributed by atoms with Gasteiger partial charge >= 0.3 is 5.97 Å². The van der Waals surface area contributed by atoms with E-state index in [0.717, 1.165) is 25.3 Å². The summed E-state index contributed by atoms with van der Waals surface area (Å²) < 4.78 is 26.6. The number of carboxylic acid groups (broad SMARTS) is 1. The van der Waals surface area contributed by atoms with Crippen LogP contribution in [0.4, 0.5) is 5.69 Å². The Morgan fingerprint density at radius 2 is 2.06 bits per heavy atom. The fourth-order valence-electron chi connectivity index (χ4n) is 1.76. The molecule has 2 rings (SSSR count). The summed E-state index contributed by atoms with van der Waals surface area (Å²) in [6.07, 6.45) is 2.56. The number of rotatable bonds is 4. The minimum Gasteiger partial charge on any atom is -0.478 e. The number of benzene rings is 1. The molecule has 0 atom stereocenters. The number of nitrogens with two attached hydrogens (primary N) is 1. The van der Waals surface area contributed by atoms with E-state index < -0.39 is 16.0 Å². The lowest BCUT2D eigenvalue weighted by molar-refractivity contribution is 0.0692. The summed E-state index contributed by atoms with van der Waals surface area (Å²) in [4.78, 5) is 10.8. The van der Waals surface area contributed by atoms with Gasteiger partial charge in [0.1, 0.15) is 0 Å². The molecule has 0 bridgehead atoms. The maximum absolute atomic E-state index is 12.1. The van der Waals surface area contributed by atoms with Crippen LogP contribution in [0.2, 0.25) is 0 Å². The van der Waals surface area contributed by atoms with Crippen LogP contribution < -0.4 is 10.5 Å². The van der Waals surface area contributed by atoms with Crippen molar-refractivity contribution in [1.29, 1.82) is 0 Å². The first-order chi connectivity index (χ1) is 8.40. The number of sulfonamides is 1. The fraction of sp³-hybridized carbons (Fsp3) is 0.364. The van der Waals surface area contributed by atoms with Gasteiger partial charge in [-0.2, -0.15) is 0 Å².